The van der Waals surface area contributed by atoms with Crippen LogP contribution in [0.3, 0.4) is 0 Å². The second-order valence-corrected chi connectivity index (χ2v) is 11.8. The lowest BCUT2D eigenvalue weighted by atomic mass is 9.96. The highest BCUT2D eigenvalue weighted by molar-refractivity contribution is 7.22. The van der Waals surface area contributed by atoms with Crippen LogP contribution in [0.5, 0.6) is 11.5 Å². The summed E-state index contributed by atoms with van der Waals surface area (Å²) < 4.78 is 12.1. The van der Waals surface area contributed by atoms with Gasteiger partial charge in [-0.3, -0.25) is 9.69 Å². The lowest BCUT2D eigenvalue weighted by Gasteiger charge is -2.27. The fourth-order valence-electron chi connectivity index (χ4n) is 5.79. The molecule has 0 spiro atoms. The van der Waals surface area contributed by atoms with Crippen molar-refractivity contribution in [2.45, 2.75) is 25.8 Å². The van der Waals surface area contributed by atoms with Gasteiger partial charge in [0.1, 0.15) is 11.5 Å². The number of carbonyl (C=O) groups is 1. The van der Waals surface area contributed by atoms with Crippen LogP contribution >= 0.6 is 11.3 Å². The first-order valence-corrected chi connectivity index (χ1v) is 15.0. The molecule has 3 heterocycles. The highest BCUT2D eigenvalue weighted by Gasteiger charge is 2.23. The number of benzene rings is 3. The molecule has 0 amide bonds. The van der Waals surface area contributed by atoms with Crippen molar-refractivity contribution in [1.29, 1.82) is 0 Å². The first-order valence-electron chi connectivity index (χ1n) is 14.2. The van der Waals surface area contributed by atoms with Gasteiger partial charge in [-0.2, -0.15) is 0 Å². The van der Waals surface area contributed by atoms with Crippen molar-refractivity contribution in [1.82, 2.24) is 9.80 Å². The summed E-state index contributed by atoms with van der Waals surface area (Å²) in [6.07, 6.45) is 3.64. The van der Waals surface area contributed by atoms with Crippen LogP contribution in [0.4, 0.5) is 0 Å². The molecule has 6 rings (SSSR count). The van der Waals surface area contributed by atoms with Crippen LogP contribution in [0.25, 0.3) is 20.5 Å². The van der Waals surface area contributed by atoms with Gasteiger partial charge in [0.25, 0.3) is 0 Å². The minimum absolute atomic E-state index is 0.0405. The molecule has 1 N–H and O–H groups in total. The Kier molecular flexibility index (Phi) is 8.16. The van der Waals surface area contributed by atoms with Gasteiger partial charge in [0.15, 0.2) is 5.78 Å². The molecule has 0 atom stereocenters. The van der Waals surface area contributed by atoms with Gasteiger partial charge in [0, 0.05) is 57.8 Å². The molecule has 0 unspecified atom stereocenters. The van der Waals surface area contributed by atoms with Crippen LogP contribution in [0.15, 0.2) is 60.7 Å². The van der Waals surface area contributed by atoms with E-state index in [0.717, 1.165) is 77.7 Å². The third-order valence-corrected chi connectivity index (χ3v) is 9.28. The number of ether oxygens (including phenoxy) is 2. The summed E-state index contributed by atoms with van der Waals surface area (Å²) in [5, 5.41) is 11.0. The van der Waals surface area contributed by atoms with E-state index in [1.165, 1.54) is 31.5 Å². The quantitative estimate of drug-likeness (QED) is 0.256. The van der Waals surface area contributed by atoms with E-state index in [1.807, 2.05) is 24.3 Å². The van der Waals surface area contributed by atoms with E-state index in [0.29, 0.717) is 11.1 Å². The molecule has 4 aromatic rings. The van der Waals surface area contributed by atoms with Crippen molar-refractivity contribution in [2.75, 3.05) is 53.0 Å². The molecule has 0 bridgehead atoms. The number of fused-ring (bicyclic) bond motifs is 1. The Morgan fingerprint density at radius 1 is 0.950 bits per heavy atom. The number of morpholine rings is 1. The Morgan fingerprint density at radius 2 is 1.73 bits per heavy atom. The van der Waals surface area contributed by atoms with Gasteiger partial charge in [-0.1, -0.05) is 36.4 Å². The van der Waals surface area contributed by atoms with Gasteiger partial charge in [-0.05, 0) is 67.7 Å². The number of nitrogens with zero attached hydrogens (tertiary/aromatic N) is 2. The van der Waals surface area contributed by atoms with Crippen LogP contribution in [-0.4, -0.2) is 73.7 Å². The maximum Gasteiger partial charge on any atom is 0.195 e. The van der Waals surface area contributed by atoms with Crippen LogP contribution in [-0.2, 0) is 17.7 Å². The monoisotopic (exact) mass is 556 g/mol. The standard InChI is InChI=1S/C33H36N2O4S/c1-38-29-20-25(8-9-26(29)22-35-16-18-39-19-17-35)32(37)31-28-11-10-27(36)21-30(28)40-33(31)24-6-4-23(5-7-24)12-15-34-13-2-3-14-34/h4-11,20-21,36H,2-3,12-19,22H2,1H3. The minimum Gasteiger partial charge on any atom is -0.508 e. The first kappa shape index (κ1) is 27.0. The number of likely N-dealkylation sites (tertiary alicyclic amines) is 1. The Morgan fingerprint density at radius 3 is 2.48 bits per heavy atom. The van der Waals surface area contributed by atoms with E-state index in [4.69, 9.17) is 9.47 Å². The van der Waals surface area contributed by atoms with Crippen molar-refractivity contribution in [3.8, 4) is 21.9 Å². The fourth-order valence-corrected chi connectivity index (χ4v) is 7.03. The zero-order valence-corrected chi connectivity index (χ0v) is 23.8. The van der Waals surface area contributed by atoms with Gasteiger partial charge in [-0.15, -0.1) is 11.3 Å². The van der Waals surface area contributed by atoms with Crippen molar-refractivity contribution >= 4 is 27.2 Å². The summed E-state index contributed by atoms with van der Waals surface area (Å²) in [6, 6.07) is 19.7. The third kappa shape index (κ3) is 5.79. The molecule has 2 aliphatic heterocycles. The highest BCUT2D eigenvalue weighted by Crippen LogP contribution is 2.41. The van der Waals surface area contributed by atoms with Gasteiger partial charge >= 0.3 is 0 Å². The molecular formula is C33H36N2O4S. The molecule has 208 valence electrons. The Hall–Kier alpha value is -3.23. The summed E-state index contributed by atoms with van der Waals surface area (Å²) in [4.78, 5) is 19.9. The van der Waals surface area contributed by atoms with Crippen molar-refractivity contribution in [2.24, 2.45) is 0 Å². The number of rotatable bonds is 9. The highest BCUT2D eigenvalue weighted by atomic mass is 32.1. The Bertz CT molecular complexity index is 1480. The molecule has 0 saturated carbocycles. The Labute approximate surface area is 239 Å². The average Bonchev–Trinajstić information content (AvgIpc) is 3.64. The second-order valence-electron chi connectivity index (χ2n) is 10.7. The lowest BCUT2D eigenvalue weighted by Crippen LogP contribution is -2.35. The van der Waals surface area contributed by atoms with E-state index in [1.54, 1.807) is 30.6 Å². The maximum absolute atomic E-state index is 14.1. The molecule has 0 aliphatic carbocycles. The average molecular weight is 557 g/mol. The largest absolute Gasteiger partial charge is 0.508 e. The molecule has 40 heavy (non-hydrogen) atoms. The van der Waals surface area contributed by atoms with Crippen LogP contribution in [0.2, 0.25) is 0 Å². The minimum atomic E-state index is -0.0405. The van der Waals surface area contributed by atoms with Crippen LogP contribution < -0.4 is 4.74 Å². The molecule has 6 nitrogen and oxygen atoms in total. The number of aromatic hydroxyl groups is 1. The maximum atomic E-state index is 14.1. The summed E-state index contributed by atoms with van der Waals surface area (Å²) in [5.41, 5.74) is 4.66. The van der Waals surface area contributed by atoms with E-state index in [9.17, 15) is 9.90 Å². The van der Waals surface area contributed by atoms with Crippen LogP contribution in [0, 0.1) is 0 Å². The van der Waals surface area contributed by atoms with Gasteiger partial charge < -0.3 is 19.5 Å². The predicted molar refractivity (Wildman–Crippen MR) is 161 cm³/mol. The zero-order valence-electron chi connectivity index (χ0n) is 23.0. The molecular weight excluding hydrogens is 520 g/mol. The fraction of sp³-hybridized carbons (Fsp3) is 0.364. The van der Waals surface area contributed by atoms with Crippen molar-refractivity contribution in [3.63, 3.8) is 0 Å². The third-order valence-electron chi connectivity index (χ3n) is 8.08. The number of thiophene rings is 1. The molecule has 2 saturated heterocycles. The van der Waals surface area contributed by atoms with Crippen molar-refractivity contribution in [3.05, 3.63) is 82.9 Å². The number of hydrogen-bond acceptors (Lipinski definition) is 7. The summed E-state index contributed by atoms with van der Waals surface area (Å²) in [7, 11) is 1.66. The number of hydrogen-bond donors (Lipinski definition) is 1. The summed E-state index contributed by atoms with van der Waals surface area (Å²) in [5.74, 6) is 0.880. The van der Waals surface area contributed by atoms with E-state index < -0.39 is 0 Å². The summed E-state index contributed by atoms with van der Waals surface area (Å²) >= 11 is 1.55. The Balaban J connectivity index is 1.31. The molecule has 7 heteroatoms. The number of phenols is 1. The number of ketones is 1. The van der Waals surface area contributed by atoms with Crippen LogP contribution in [0.1, 0.15) is 39.9 Å². The molecule has 3 aromatic carbocycles. The van der Waals surface area contributed by atoms with Gasteiger partial charge in [0.05, 0.1) is 20.3 Å². The predicted octanol–water partition coefficient (Wildman–Crippen LogP) is 5.98. The van der Waals surface area contributed by atoms with E-state index in [2.05, 4.69) is 34.1 Å². The number of carbonyl (C=O) groups excluding carboxylic acids is 1. The first-order chi connectivity index (χ1) is 19.6. The molecule has 2 aliphatic rings. The van der Waals surface area contributed by atoms with E-state index in [-0.39, 0.29) is 11.5 Å². The molecule has 1 aromatic heterocycles. The SMILES string of the molecule is COc1cc(C(=O)c2c(-c3ccc(CCN4CCCC4)cc3)sc3cc(O)ccc23)ccc1CN1CCOCC1. The zero-order chi connectivity index (χ0) is 27.5. The van der Waals surface area contributed by atoms with E-state index >= 15 is 0 Å². The second kappa shape index (κ2) is 12.1. The van der Waals surface area contributed by atoms with Gasteiger partial charge in [0.2, 0.25) is 0 Å². The smallest absolute Gasteiger partial charge is 0.195 e. The summed E-state index contributed by atoms with van der Waals surface area (Å²) in [6.45, 7) is 7.51. The topological polar surface area (TPSA) is 62.2 Å². The molecule has 0 radical (unpaired) electrons. The lowest BCUT2D eigenvalue weighted by molar-refractivity contribution is 0.0339. The number of phenolic OH excluding ortho intramolecular Hbond substituents is 1. The number of methoxy groups -OCH3 is 1. The molecule has 2 fully saturated rings. The van der Waals surface area contributed by atoms with Gasteiger partial charge in [-0.25, -0.2) is 0 Å². The normalized spacial score (nSPS) is 16.5. The van der Waals surface area contributed by atoms with Crippen molar-refractivity contribution < 1.29 is 19.4 Å².